The molecule has 1 aliphatic carbocycles. The Morgan fingerprint density at radius 1 is 0.765 bits per heavy atom. The summed E-state index contributed by atoms with van der Waals surface area (Å²) in [4.78, 5) is 0. The van der Waals surface area contributed by atoms with Gasteiger partial charge in [0.1, 0.15) is 0 Å². The lowest BCUT2D eigenvalue weighted by Crippen LogP contribution is -1.85. The quantitative estimate of drug-likeness (QED) is 0.654. The van der Waals surface area contributed by atoms with Crippen molar-refractivity contribution in [3.63, 3.8) is 0 Å². The first-order valence-electron chi connectivity index (χ1n) is 5.90. The minimum atomic E-state index is 1.30. The SMILES string of the molecule is C/C(=C1/C=Cc2ccccc21)c1ccccc1. The number of allylic oxidation sites excluding steroid dienone is 3. The maximum atomic E-state index is 2.22. The standard InChI is InChI=1S/C17H14/c1-13(14-7-3-2-4-8-14)16-12-11-15-9-5-6-10-17(15)16/h2-12H,1H3/b16-13+. The minimum absolute atomic E-state index is 1.30. The molecule has 0 radical (unpaired) electrons. The zero-order valence-electron chi connectivity index (χ0n) is 9.85. The summed E-state index contributed by atoms with van der Waals surface area (Å²) < 4.78 is 0. The highest BCUT2D eigenvalue weighted by atomic mass is 14.2. The number of rotatable bonds is 1. The van der Waals surface area contributed by atoms with Crippen LogP contribution >= 0.6 is 0 Å². The summed E-state index contributed by atoms with van der Waals surface area (Å²) in [6.07, 6.45) is 4.41. The van der Waals surface area contributed by atoms with E-state index in [-0.39, 0.29) is 0 Å². The summed E-state index contributed by atoms with van der Waals surface area (Å²) in [7, 11) is 0. The number of fused-ring (bicyclic) bond motifs is 1. The Balaban J connectivity index is 2.15. The highest BCUT2D eigenvalue weighted by molar-refractivity contribution is 6.02. The van der Waals surface area contributed by atoms with Crippen LogP contribution in [-0.4, -0.2) is 0 Å². The molecule has 0 heterocycles. The fourth-order valence-electron chi connectivity index (χ4n) is 2.32. The second-order valence-corrected chi connectivity index (χ2v) is 4.33. The normalized spacial score (nSPS) is 15.8. The van der Waals surface area contributed by atoms with Crippen LogP contribution in [0.5, 0.6) is 0 Å². The van der Waals surface area contributed by atoms with Crippen molar-refractivity contribution >= 4 is 17.2 Å². The van der Waals surface area contributed by atoms with E-state index in [1.54, 1.807) is 0 Å². The molecule has 17 heavy (non-hydrogen) atoms. The molecule has 0 amide bonds. The van der Waals surface area contributed by atoms with Crippen molar-refractivity contribution in [3.8, 4) is 0 Å². The topological polar surface area (TPSA) is 0 Å². The first kappa shape index (κ1) is 10.1. The van der Waals surface area contributed by atoms with Gasteiger partial charge < -0.3 is 0 Å². The third-order valence-electron chi connectivity index (χ3n) is 3.29. The maximum Gasteiger partial charge on any atom is -0.0109 e. The van der Waals surface area contributed by atoms with Crippen LogP contribution < -0.4 is 0 Å². The fraction of sp³-hybridized carbons (Fsp3) is 0.0588. The van der Waals surface area contributed by atoms with Gasteiger partial charge in [-0.3, -0.25) is 0 Å². The van der Waals surface area contributed by atoms with Crippen LogP contribution in [0.25, 0.3) is 17.2 Å². The molecule has 0 fully saturated rings. The Bertz CT molecular complexity index is 601. The smallest absolute Gasteiger partial charge is 0.0109 e. The van der Waals surface area contributed by atoms with E-state index in [2.05, 4.69) is 73.7 Å². The molecule has 0 nitrogen and oxygen atoms in total. The van der Waals surface area contributed by atoms with Gasteiger partial charge >= 0.3 is 0 Å². The molecule has 2 aromatic carbocycles. The second kappa shape index (κ2) is 4.06. The van der Waals surface area contributed by atoms with Gasteiger partial charge in [0.2, 0.25) is 0 Å². The Labute approximate surface area is 102 Å². The molecule has 0 unspecified atom stereocenters. The predicted octanol–water partition coefficient (Wildman–Crippen LogP) is 4.64. The van der Waals surface area contributed by atoms with Gasteiger partial charge in [0, 0.05) is 0 Å². The number of hydrogen-bond acceptors (Lipinski definition) is 0. The zero-order valence-corrected chi connectivity index (χ0v) is 9.85. The average Bonchev–Trinajstić information content (AvgIpc) is 2.83. The molecule has 0 spiro atoms. The van der Waals surface area contributed by atoms with Crippen molar-refractivity contribution in [1.82, 2.24) is 0 Å². The van der Waals surface area contributed by atoms with E-state index in [4.69, 9.17) is 0 Å². The van der Waals surface area contributed by atoms with Crippen LogP contribution in [0.3, 0.4) is 0 Å². The average molecular weight is 218 g/mol. The zero-order chi connectivity index (χ0) is 11.7. The van der Waals surface area contributed by atoms with Crippen LogP contribution in [0.1, 0.15) is 23.6 Å². The molecule has 2 aromatic rings. The van der Waals surface area contributed by atoms with Gasteiger partial charge in [-0.25, -0.2) is 0 Å². The van der Waals surface area contributed by atoms with E-state index >= 15 is 0 Å². The molecule has 0 N–H and O–H groups in total. The summed E-state index contributed by atoms with van der Waals surface area (Å²) in [6, 6.07) is 19.1. The van der Waals surface area contributed by atoms with Crippen molar-refractivity contribution < 1.29 is 0 Å². The molecule has 0 saturated carbocycles. The van der Waals surface area contributed by atoms with Crippen molar-refractivity contribution in [1.29, 1.82) is 0 Å². The van der Waals surface area contributed by atoms with Gasteiger partial charge in [-0.1, -0.05) is 66.7 Å². The van der Waals surface area contributed by atoms with Crippen LogP contribution in [0.2, 0.25) is 0 Å². The van der Waals surface area contributed by atoms with E-state index < -0.39 is 0 Å². The Morgan fingerprint density at radius 2 is 1.47 bits per heavy atom. The molecular formula is C17H14. The third-order valence-corrected chi connectivity index (χ3v) is 3.29. The van der Waals surface area contributed by atoms with Crippen LogP contribution in [0.4, 0.5) is 0 Å². The lowest BCUT2D eigenvalue weighted by Gasteiger charge is -2.07. The highest BCUT2D eigenvalue weighted by Crippen LogP contribution is 2.34. The molecule has 0 aromatic heterocycles. The van der Waals surface area contributed by atoms with E-state index in [9.17, 15) is 0 Å². The lowest BCUT2D eigenvalue weighted by atomic mass is 9.97. The summed E-state index contributed by atoms with van der Waals surface area (Å²) in [6.45, 7) is 2.19. The molecule has 0 heteroatoms. The molecule has 0 bridgehead atoms. The predicted molar refractivity (Wildman–Crippen MR) is 74.4 cm³/mol. The fourth-order valence-corrected chi connectivity index (χ4v) is 2.32. The van der Waals surface area contributed by atoms with E-state index in [0.717, 1.165) is 0 Å². The molecule has 0 aliphatic heterocycles. The second-order valence-electron chi connectivity index (χ2n) is 4.33. The van der Waals surface area contributed by atoms with Crippen molar-refractivity contribution in [3.05, 3.63) is 77.4 Å². The van der Waals surface area contributed by atoms with Gasteiger partial charge in [0.25, 0.3) is 0 Å². The molecule has 1 aliphatic rings. The van der Waals surface area contributed by atoms with Crippen LogP contribution in [0, 0.1) is 0 Å². The van der Waals surface area contributed by atoms with Crippen molar-refractivity contribution in [2.24, 2.45) is 0 Å². The first-order valence-corrected chi connectivity index (χ1v) is 5.90. The Kier molecular flexibility index (Phi) is 2.41. The van der Waals surface area contributed by atoms with Crippen molar-refractivity contribution in [2.75, 3.05) is 0 Å². The van der Waals surface area contributed by atoms with Gasteiger partial charge in [-0.05, 0) is 34.8 Å². The monoisotopic (exact) mass is 218 g/mol. The van der Waals surface area contributed by atoms with Crippen LogP contribution in [0.15, 0.2) is 60.7 Å². The lowest BCUT2D eigenvalue weighted by molar-refractivity contribution is 1.55. The van der Waals surface area contributed by atoms with Crippen molar-refractivity contribution in [2.45, 2.75) is 6.92 Å². The largest absolute Gasteiger partial charge is 0.0622 e. The Hall–Kier alpha value is -2.08. The number of benzene rings is 2. The van der Waals surface area contributed by atoms with E-state index in [0.29, 0.717) is 0 Å². The molecule has 0 saturated heterocycles. The number of hydrogen-bond donors (Lipinski definition) is 0. The maximum absolute atomic E-state index is 2.22. The van der Waals surface area contributed by atoms with Gasteiger partial charge in [-0.2, -0.15) is 0 Å². The molecule has 3 rings (SSSR count). The summed E-state index contributed by atoms with van der Waals surface area (Å²) in [5, 5.41) is 0. The first-order chi connectivity index (χ1) is 8.36. The Morgan fingerprint density at radius 3 is 2.29 bits per heavy atom. The van der Waals surface area contributed by atoms with E-state index in [1.165, 1.54) is 27.8 Å². The van der Waals surface area contributed by atoms with Gasteiger partial charge in [0.15, 0.2) is 0 Å². The highest BCUT2D eigenvalue weighted by Gasteiger charge is 2.12. The van der Waals surface area contributed by atoms with Gasteiger partial charge in [-0.15, -0.1) is 0 Å². The third kappa shape index (κ3) is 1.72. The van der Waals surface area contributed by atoms with E-state index in [1.807, 2.05) is 0 Å². The molecule has 82 valence electrons. The molecular weight excluding hydrogens is 204 g/mol. The summed E-state index contributed by atoms with van der Waals surface area (Å²) >= 11 is 0. The van der Waals surface area contributed by atoms with Crippen LogP contribution in [-0.2, 0) is 0 Å². The minimum Gasteiger partial charge on any atom is -0.0622 e. The van der Waals surface area contributed by atoms with Gasteiger partial charge in [0.05, 0.1) is 0 Å². The summed E-state index contributed by atoms with van der Waals surface area (Å²) in [5.74, 6) is 0. The summed E-state index contributed by atoms with van der Waals surface area (Å²) in [5.41, 5.74) is 6.63. The molecule has 0 atom stereocenters.